The summed E-state index contributed by atoms with van der Waals surface area (Å²) in [6.07, 6.45) is 3.73. The Labute approximate surface area is 226 Å². The van der Waals surface area contributed by atoms with E-state index in [-0.39, 0.29) is 23.8 Å². The van der Waals surface area contributed by atoms with Crippen molar-refractivity contribution in [2.75, 3.05) is 6.54 Å². The Hall–Kier alpha value is -3.46. The number of aromatic nitrogens is 1. The zero-order chi connectivity index (χ0) is 26.5. The normalized spacial score (nSPS) is 22.3. The van der Waals surface area contributed by atoms with Crippen molar-refractivity contribution in [2.24, 2.45) is 0 Å². The van der Waals surface area contributed by atoms with E-state index in [2.05, 4.69) is 21.8 Å². The fourth-order valence-corrected chi connectivity index (χ4v) is 6.34. The first-order valence-electron chi connectivity index (χ1n) is 12.8. The van der Waals surface area contributed by atoms with Crippen molar-refractivity contribution < 1.29 is 19.8 Å². The molecule has 7 nitrogen and oxygen atoms in total. The topological polar surface area (TPSA) is 103 Å². The number of carbonyl (C=O) groups is 2. The van der Waals surface area contributed by atoms with E-state index in [1.807, 2.05) is 66.7 Å². The van der Waals surface area contributed by atoms with Crippen molar-refractivity contribution in [2.45, 2.75) is 48.8 Å². The van der Waals surface area contributed by atoms with Gasteiger partial charge in [0.15, 0.2) is 12.2 Å². The van der Waals surface area contributed by atoms with Crippen LogP contribution in [0.4, 0.5) is 0 Å². The van der Waals surface area contributed by atoms with Crippen molar-refractivity contribution in [3.63, 3.8) is 0 Å². The molecule has 0 aliphatic carbocycles. The average molecular weight is 530 g/mol. The van der Waals surface area contributed by atoms with Crippen LogP contribution >= 0.6 is 11.8 Å². The highest BCUT2D eigenvalue weighted by atomic mass is 32.2. The number of allylic oxidation sites excluding steroid dienone is 1. The summed E-state index contributed by atoms with van der Waals surface area (Å²) >= 11 is 1.77. The summed E-state index contributed by atoms with van der Waals surface area (Å²) in [5.74, 6) is -1.15. The molecule has 5 rings (SSSR count). The van der Waals surface area contributed by atoms with Gasteiger partial charge in [-0.2, -0.15) is 0 Å². The number of hydrogen-bond acceptors (Lipinski definition) is 6. The van der Waals surface area contributed by atoms with E-state index in [0.29, 0.717) is 6.54 Å². The maximum atomic E-state index is 13.0. The molecule has 3 N–H and O–H groups in total. The SMILES string of the molecule is O=C(NCc1ccc(C2SC=CC2c2ccncc2)cc1)[C@H](O)[C@@H](O)C(=O)N1CCCC1c1ccccc1. The third kappa shape index (κ3) is 5.67. The molecule has 3 aromatic rings. The van der Waals surface area contributed by atoms with Crippen molar-refractivity contribution in [1.29, 1.82) is 0 Å². The zero-order valence-corrected chi connectivity index (χ0v) is 21.7. The first kappa shape index (κ1) is 26.2. The highest BCUT2D eigenvalue weighted by molar-refractivity contribution is 8.02. The van der Waals surface area contributed by atoms with Gasteiger partial charge in [0.25, 0.3) is 11.8 Å². The fraction of sp³-hybridized carbons (Fsp3) is 0.300. The summed E-state index contributed by atoms with van der Waals surface area (Å²) in [4.78, 5) is 31.2. The molecular weight excluding hydrogens is 498 g/mol. The molecule has 38 heavy (non-hydrogen) atoms. The Balaban J connectivity index is 1.16. The van der Waals surface area contributed by atoms with Gasteiger partial charge in [0.2, 0.25) is 0 Å². The van der Waals surface area contributed by atoms with E-state index < -0.39 is 24.0 Å². The molecule has 0 spiro atoms. The number of nitrogens with one attached hydrogen (secondary N) is 1. The van der Waals surface area contributed by atoms with Gasteiger partial charge in [-0.1, -0.05) is 60.7 Å². The van der Waals surface area contributed by atoms with Crippen LogP contribution in [-0.2, 0) is 16.1 Å². The number of benzene rings is 2. The molecule has 5 atom stereocenters. The van der Waals surface area contributed by atoms with Gasteiger partial charge >= 0.3 is 0 Å². The molecule has 0 bridgehead atoms. The minimum Gasteiger partial charge on any atom is -0.380 e. The molecular formula is C30H31N3O4S. The first-order chi connectivity index (χ1) is 18.5. The van der Waals surface area contributed by atoms with Gasteiger partial charge in [0, 0.05) is 36.7 Å². The van der Waals surface area contributed by atoms with Gasteiger partial charge in [0.05, 0.1) is 6.04 Å². The van der Waals surface area contributed by atoms with Gasteiger partial charge < -0.3 is 20.4 Å². The highest BCUT2D eigenvalue weighted by Crippen LogP contribution is 2.48. The van der Waals surface area contributed by atoms with E-state index in [4.69, 9.17) is 0 Å². The molecule has 1 fully saturated rings. The minimum atomic E-state index is -1.85. The molecule has 2 aromatic carbocycles. The van der Waals surface area contributed by atoms with Crippen LogP contribution in [0.3, 0.4) is 0 Å². The highest BCUT2D eigenvalue weighted by Gasteiger charge is 2.38. The van der Waals surface area contributed by atoms with E-state index in [0.717, 1.165) is 24.0 Å². The standard InChI is InChI=1S/C30H31N3O4S/c34-26(27(35)30(37)33-17-4-7-25(33)22-5-2-1-3-6-22)29(36)32-19-20-8-10-23(11-9-20)28-24(14-18-38-28)21-12-15-31-16-13-21/h1-3,5-6,8-16,18,24-28,34-35H,4,7,17,19H2,(H,32,36)/t24?,25?,26-,27-,28?/m1/s1. The molecule has 3 unspecified atom stereocenters. The maximum Gasteiger partial charge on any atom is 0.255 e. The number of carbonyl (C=O) groups excluding carboxylic acids is 2. The van der Waals surface area contributed by atoms with Crippen molar-refractivity contribution >= 4 is 23.6 Å². The number of pyridine rings is 1. The number of aliphatic hydroxyl groups excluding tert-OH is 2. The van der Waals surface area contributed by atoms with E-state index in [1.165, 1.54) is 11.1 Å². The van der Waals surface area contributed by atoms with Crippen molar-refractivity contribution in [3.05, 3.63) is 113 Å². The largest absolute Gasteiger partial charge is 0.380 e. The lowest BCUT2D eigenvalue weighted by molar-refractivity contribution is -0.153. The second-order valence-corrected chi connectivity index (χ2v) is 10.7. The van der Waals surface area contributed by atoms with Crippen LogP contribution in [0.15, 0.2) is 90.6 Å². The third-order valence-electron chi connectivity index (χ3n) is 7.24. The molecule has 1 saturated heterocycles. The quantitative estimate of drug-likeness (QED) is 0.410. The van der Waals surface area contributed by atoms with E-state index >= 15 is 0 Å². The molecule has 1 aromatic heterocycles. The lowest BCUT2D eigenvalue weighted by Crippen LogP contribution is -2.50. The van der Waals surface area contributed by atoms with E-state index in [1.54, 1.807) is 29.1 Å². The van der Waals surface area contributed by atoms with Crippen LogP contribution in [0.5, 0.6) is 0 Å². The molecule has 3 heterocycles. The lowest BCUT2D eigenvalue weighted by atomic mass is 9.92. The maximum absolute atomic E-state index is 13.0. The molecule has 0 radical (unpaired) electrons. The van der Waals surface area contributed by atoms with Crippen LogP contribution in [0, 0.1) is 0 Å². The van der Waals surface area contributed by atoms with Gasteiger partial charge in [-0.05, 0) is 52.6 Å². The van der Waals surface area contributed by atoms with Crippen LogP contribution in [0.25, 0.3) is 0 Å². The third-order valence-corrected chi connectivity index (χ3v) is 8.42. The number of amides is 2. The number of rotatable bonds is 8. The molecule has 2 aliphatic heterocycles. The molecule has 2 amide bonds. The van der Waals surface area contributed by atoms with E-state index in [9.17, 15) is 19.8 Å². The smallest absolute Gasteiger partial charge is 0.255 e. The Bertz CT molecular complexity index is 1270. The number of likely N-dealkylation sites (tertiary alicyclic amines) is 1. The first-order valence-corrected chi connectivity index (χ1v) is 13.8. The molecule has 8 heteroatoms. The predicted octanol–water partition coefficient (Wildman–Crippen LogP) is 3.87. The van der Waals surface area contributed by atoms with Crippen LogP contribution in [-0.4, -0.2) is 50.7 Å². The van der Waals surface area contributed by atoms with Crippen molar-refractivity contribution in [3.8, 4) is 0 Å². The molecule has 196 valence electrons. The van der Waals surface area contributed by atoms with Crippen LogP contribution < -0.4 is 5.32 Å². The van der Waals surface area contributed by atoms with Gasteiger partial charge in [-0.3, -0.25) is 14.6 Å². The van der Waals surface area contributed by atoms with Crippen molar-refractivity contribution in [1.82, 2.24) is 15.2 Å². The second-order valence-electron chi connectivity index (χ2n) is 9.64. The average Bonchev–Trinajstić information content (AvgIpc) is 3.66. The Morgan fingerprint density at radius 2 is 1.68 bits per heavy atom. The predicted molar refractivity (Wildman–Crippen MR) is 147 cm³/mol. The van der Waals surface area contributed by atoms with Crippen LogP contribution in [0.1, 0.15) is 52.3 Å². The summed E-state index contributed by atoms with van der Waals surface area (Å²) < 4.78 is 0. The van der Waals surface area contributed by atoms with Gasteiger partial charge in [-0.15, -0.1) is 11.8 Å². The molecule has 0 saturated carbocycles. The number of nitrogens with zero attached hydrogens (tertiary/aromatic N) is 2. The summed E-state index contributed by atoms with van der Waals surface area (Å²) in [5, 5.41) is 26.0. The van der Waals surface area contributed by atoms with Gasteiger partial charge in [0.1, 0.15) is 0 Å². The minimum absolute atomic E-state index is 0.168. The lowest BCUT2D eigenvalue weighted by Gasteiger charge is -2.28. The number of thioether (sulfide) groups is 1. The zero-order valence-electron chi connectivity index (χ0n) is 20.9. The summed E-state index contributed by atoms with van der Waals surface area (Å²) in [6, 6.07) is 21.5. The Kier molecular flexibility index (Phi) is 8.22. The monoisotopic (exact) mass is 529 g/mol. The second kappa shape index (κ2) is 11.9. The number of hydrogen-bond donors (Lipinski definition) is 3. The summed E-state index contributed by atoms with van der Waals surface area (Å²) in [6.45, 7) is 0.657. The Morgan fingerprint density at radius 1 is 0.947 bits per heavy atom. The number of aliphatic hydroxyl groups is 2. The fourth-order valence-electron chi connectivity index (χ4n) is 5.18. The molecule has 2 aliphatic rings. The van der Waals surface area contributed by atoms with Crippen LogP contribution in [0.2, 0.25) is 0 Å². The Morgan fingerprint density at radius 3 is 2.42 bits per heavy atom. The summed E-state index contributed by atoms with van der Waals surface area (Å²) in [7, 11) is 0. The summed E-state index contributed by atoms with van der Waals surface area (Å²) in [5.41, 5.74) is 4.23. The van der Waals surface area contributed by atoms with Gasteiger partial charge in [-0.25, -0.2) is 0 Å².